The molecule has 3 heteroatoms. The monoisotopic (exact) mass is 413 g/mol. The molecule has 0 bridgehead atoms. The fourth-order valence-electron chi connectivity index (χ4n) is 3.06. The Labute approximate surface area is 145 Å². The van der Waals surface area contributed by atoms with Crippen LogP contribution < -0.4 is 0 Å². The summed E-state index contributed by atoms with van der Waals surface area (Å²) in [6.45, 7) is 0.853. The van der Waals surface area contributed by atoms with Gasteiger partial charge in [-0.15, -0.1) is 0 Å². The Morgan fingerprint density at radius 3 is 1.73 bits per heavy atom. The molecule has 0 amide bonds. The largest absolute Gasteiger partial charge is 0.336 e. The molecule has 1 nitrogen and oxygen atoms in total. The summed E-state index contributed by atoms with van der Waals surface area (Å²) in [7, 11) is 0. The van der Waals surface area contributed by atoms with Gasteiger partial charge >= 0.3 is 0 Å². The lowest BCUT2D eigenvalue weighted by atomic mass is 10.2. The van der Waals surface area contributed by atoms with Gasteiger partial charge in [0.25, 0.3) is 0 Å². The first-order valence-corrected chi connectivity index (χ1v) is 8.72. The van der Waals surface area contributed by atoms with Crippen molar-refractivity contribution in [3.63, 3.8) is 0 Å². The number of fused-ring (bicyclic) bond motifs is 3. The zero-order valence-electron chi connectivity index (χ0n) is 11.8. The van der Waals surface area contributed by atoms with Gasteiger partial charge in [0.15, 0.2) is 0 Å². The second-order valence-corrected chi connectivity index (χ2v) is 7.23. The van der Waals surface area contributed by atoms with E-state index in [0.29, 0.717) is 0 Å². The van der Waals surface area contributed by atoms with Gasteiger partial charge in [-0.2, -0.15) is 0 Å². The van der Waals surface area contributed by atoms with Crippen LogP contribution in [-0.4, -0.2) is 4.57 Å². The van der Waals surface area contributed by atoms with Crippen LogP contribution in [0.1, 0.15) is 5.56 Å². The second-order valence-electron chi connectivity index (χ2n) is 5.40. The third-order valence-corrected chi connectivity index (χ3v) is 4.86. The average molecular weight is 415 g/mol. The molecule has 1 aromatic heterocycles. The van der Waals surface area contributed by atoms with Crippen LogP contribution in [0, 0.1) is 0 Å². The summed E-state index contributed by atoms with van der Waals surface area (Å²) in [6.07, 6.45) is 0. The van der Waals surface area contributed by atoms with Crippen molar-refractivity contribution in [3.05, 3.63) is 81.2 Å². The highest BCUT2D eigenvalue weighted by Gasteiger charge is 2.10. The first-order chi connectivity index (χ1) is 10.7. The van der Waals surface area contributed by atoms with Crippen molar-refractivity contribution in [2.75, 3.05) is 0 Å². The molecule has 0 N–H and O–H groups in total. The Morgan fingerprint density at radius 1 is 0.682 bits per heavy atom. The normalized spacial score (nSPS) is 11.4. The molecule has 0 saturated carbocycles. The van der Waals surface area contributed by atoms with Crippen molar-refractivity contribution in [1.29, 1.82) is 0 Å². The minimum Gasteiger partial charge on any atom is -0.336 e. The maximum atomic E-state index is 3.58. The first-order valence-electron chi connectivity index (χ1n) is 7.13. The molecule has 0 fully saturated rings. The van der Waals surface area contributed by atoms with E-state index in [1.807, 2.05) is 0 Å². The van der Waals surface area contributed by atoms with Crippen molar-refractivity contribution in [3.8, 4) is 0 Å². The third-order valence-electron chi connectivity index (χ3n) is 3.94. The number of nitrogens with zero attached hydrogens (tertiary/aromatic N) is 1. The van der Waals surface area contributed by atoms with Crippen LogP contribution in [-0.2, 0) is 6.54 Å². The van der Waals surface area contributed by atoms with E-state index in [1.165, 1.54) is 27.4 Å². The van der Waals surface area contributed by atoms with Gasteiger partial charge in [-0.1, -0.05) is 68.3 Å². The van der Waals surface area contributed by atoms with Crippen LogP contribution in [0.4, 0.5) is 0 Å². The summed E-state index contributed by atoms with van der Waals surface area (Å²) in [5.74, 6) is 0. The minimum atomic E-state index is 0.853. The lowest BCUT2D eigenvalue weighted by Crippen LogP contribution is -1.99. The molecular weight excluding hydrogens is 402 g/mol. The fraction of sp³-hybridized carbons (Fsp3) is 0.0526. The van der Waals surface area contributed by atoms with Gasteiger partial charge in [-0.25, -0.2) is 0 Å². The van der Waals surface area contributed by atoms with Crippen molar-refractivity contribution in [1.82, 2.24) is 4.57 Å². The van der Waals surface area contributed by atoms with Crippen LogP contribution in [0.5, 0.6) is 0 Å². The van der Waals surface area contributed by atoms with E-state index in [2.05, 4.69) is 103 Å². The van der Waals surface area contributed by atoms with Gasteiger partial charge in [0.05, 0.1) is 0 Å². The van der Waals surface area contributed by atoms with E-state index in [0.717, 1.165) is 15.5 Å². The standard InChI is InChI=1S/C19H13Br2N/c20-14-9-13(10-15(21)11-14)12-22-18-7-3-1-5-16(18)17-6-2-4-8-19(17)22/h1-11H,12H2. The predicted molar refractivity (Wildman–Crippen MR) is 100 cm³/mol. The van der Waals surface area contributed by atoms with Crippen LogP contribution in [0.15, 0.2) is 75.7 Å². The SMILES string of the molecule is Brc1cc(Br)cc(Cn2c3ccccc3c3ccccc32)c1. The zero-order valence-corrected chi connectivity index (χ0v) is 14.9. The summed E-state index contributed by atoms with van der Waals surface area (Å²) < 4.78 is 4.58. The van der Waals surface area contributed by atoms with E-state index < -0.39 is 0 Å². The Morgan fingerprint density at radius 2 is 1.18 bits per heavy atom. The summed E-state index contributed by atoms with van der Waals surface area (Å²) in [4.78, 5) is 0. The smallest absolute Gasteiger partial charge is 0.0494 e. The van der Waals surface area contributed by atoms with Crippen molar-refractivity contribution < 1.29 is 0 Å². The number of para-hydroxylation sites is 2. The summed E-state index contributed by atoms with van der Waals surface area (Å²) in [5.41, 5.74) is 3.83. The lowest BCUT2D eigenvalue weighted by Gasteiger charge is -2.09. The Kier molecular flexibility index (Phi) is 3.55. The Hall–Kier alpha value is -1.58. The maximum absolute atomic E-state index is 3.58. The summed E-state index contributed by atoms with van der Waals surface area (Å²) in [5, 5.41) is 2.62. The van der Waals surface area contributed by atoms with Gasteiger partial charge in [-0.3, -0.25) is 0 Å². The number of halogens is 2. The van der Waals surface area contributed by atoms with Gasteiger partial charge in [0, 0.05) is 37.3 Å². The van der Waals surface area contributed by atoms with Gasteiger partial charge in [0.2, 0.25) is 0 Å². The highest BCUT2D eigenvalue weighted by Crippen LogP contribution is 2.30. The van der Waals surface area contributed by atoms with Gasteiger partial charge in [0.1, 0.15) is 0 Å². The second kappa shape index (κ2) is 5.56. The van der Waals surface area contributed by atoms with Crippen LogP contribution in [0.3, 0.4) is 0 Å². The quantitative estimate of drug-likeness (QED) is 0.359. The van der Waals surface area contributed by atoms with Crippen LogP contribution in [0.25, 0.3) is 21.8 Å². The lowest BCUT2D eigenvalue weighted by molar-refractivity contribution is 0.867. The molecule has 108 valence electrons. The molecule has 4 rings (SSSR count). The Bertz CT molecular complexity index is 912. The van der Waals surface area contributed by atoms with Crippen molar-refractivity contribution >= 4 is 53.7 Å². The molecule has 0 unspecified atom stereocenters. The summed E-state index contributed by atoms with van der Waals surface area (Å²) in [6, 6.07) is 23.6. The van der Waals surface area contributed by atoms with E-state index in [1.54, 1.807) is 0 Å². The van der Waals surface area contributed by atoms with Gasteiger partial charge < -0.3 is 4.57 Å². The molecule has 0 radical (unpaired) electrons. The van der Waals surface area contributed by atoms with Crippen LogP contribution in [0.2, 0.25) is 0 Å². The summed E-state index contributed by atoms with van der Waals surface area (Å²) >= 11 is 7.15. The molecule has 0 aliphatic carbocycles. The molecule has 1 heterocycles. The number of aromatic nitrogens is 1. The fourth-order valence-corrected chi connectivity index (χ4v) is 4.45. The third kappa shape index (κ3) is 2.38. The molecule has 3 aromatic carbocycles. The first kappa shape index (κ1) is 14.0. The number of rotatable bonds is 2. The number of hydrogen-bond donors (Lipinski definition) is 0. The van der Waals surface area contributed by atoms with E-state index in [4.69, 9.17) is 0 Å². The topological polar surface area (TPSA) is 4.93 Å². The maximum Gasteiger partial charge on any atom is 0.0494 e. The predicted octanol–water partition coefficient (Wildman–Crippen LogP) is 6.37. The van der Waals surface area contributed by atoms with E-state index >= 15 is 0 Å². The highest BCUT2D eigenvalue weighted by molar-refractivity contribution is 9.11. The number of benzene rings is 3. The number of hydrogen-bond acceptors (Lipinski definition) is 0. The molecule has 0 aliphatic rings. The molecule has 0 saturated heterocycles. The molecule has 22 heavy (non-hydrogen) atoms. The molecular formula is C19H13Br2N. The van der Waals surface area contributed by atoms with E-state index in [-0.39, 0.29) is 0 Å². The average Bonchev–Trinajstić information content (AvgIpc) is 2.81. The molecule has 0 aliphatic heterocycles. The zero-order chi connectivity index (χ0) is 15.1. The van der Waals surface area contributed by atoms with Crippen molar-refractivity contribution in [2.24, 2.45) is 0 Å². The van der Waals surface area contributed by atoms with Gasteiger partial charge in [-0.05, 0) is 35.9 Å². The molecule has 0 spiro atoms. The molecule has 4 aromatic rings. The molecule has 0 atom stereocenters. The minimum absolute atomic E-state index is 0.853. The van der Waals surface area contributed by atoms with Crippen LogP contribution >= 0.6 is 31.9 Å². The highest BCUT2D eigenvalue weighted by atomic mass is 79.9. The Balaban J connectivity index is 1.96. The van der Waals surface area contributed by atoms with Crippen molar-refractivity contribution in [2.45, 2.75) is 6.54 Å². The van der Waals surface area contributed by atoms with E-state index in [9.17, 15) is 0 Å².